The van der Waals surface area contributed by atoms with Crippen molar-refractivity contribution in [3.8, 4) is 0 Å². The highest BCUT2D eigenvalue weighted by molar-refractivity contribution is 7.89. The first kappa shape index (κ1) is 21.7. The number of nitrogens with one attached hydrogen (secondary N) is 2. The molecule has 0 fully saturated rings. The van der Waals surface area contributed by atoms with E-state index in [1.165, 1.54) is 42.7 Å². The number of amides is 1. The molecule has 0 aliphatic heterocycles. The molecule has 3 rings (SSSR count). The second-order valence-electron chi connectivity index (χ2n) is 7.17. The summed E-state index contributed by atoms with van der Waals surface area (Å²) >= 11 is 0. The molecule has 158 valence electrons. The van der Waals surface area contributed by atoms with Gasteiger partial charge in [0, 0.05) is 5.56 Å². The van der Waals surface area contributed by atoms with Crippen LogP contribution < -0.4 is 10.0 Å². The number of furan rings is 1. The van der Waals surface area contributed by atoms with Crippen molar-refractivity contribution >= 4 is 15.9 Å². The lowest BCUT2D eigenvalue weighted by molar-refractivity contribution is 0.0925. The zero-order valence-electron chi connectivity index (χ0n) is 16.6. The first-order valence-electron chi connectivity index (χ1n) is 9.45. The van der Waals surface area contributed by atoms with Crippen LogP contribution in [0.1, 0.15) is 41.6 Å². The molecule has 30 heavy (non-hydrogen) atoms. The average molecular weight is 431 g/mol. The summed E-state index contributed by atoms with van der Waals surface area (Å²) in [5.41, 5.74) is 1.12. The van der Waals surface area contributed by atoms with Gasteiger partial charge in [0.05, 0.1) is 23.7 Å². The Morgan fingerprint density at radius 2 is 1.70 bits per heavy atom. The van der Waals surface area contributed by atoms with E-state index in [4.69, 9.17) is 4.42 Å². The Hall–Kier alpha value is -2.97. The van der Waals surface area contributed by atoms with Crippen LogP contribution in [0.15, 0.2) is 76.2 Å². The Bertz CT molecular complexity index is 1080. The maximum Gasteiger partial charge on any atom is 0.251 e. The van der Waals surface area contributed by atoms with Crippen molar-refractivity contribution in [3.05, 3.63) is 89.6 Å². The van der Waals surface area contributed by atoms with E-state index < -0.39 is 10.0 Å². The van der Waals surface area contributed by atoms with Crippen molar-refractivity contribution in [2.45, 2.75) is 31.3 Å². The molecule has 1 heterocycles. The molecule has 8 heteroatoms. The number of carbonyl (C=O) groups excluding carboxylic acids is 1. The topological polar surface area (TPSA) is 88.4 Å². The molecule has 0 spiro atoms. The Labute approximate surface area is 175 Å². The van der Waals surface area contributed by atoms with Crippen molar-refractivity contribution in [2.24, 2.45) is 5.92 Å². The molecule has 0 saturated carbocycles. The summed E-state index contributed by atoms with van der Waals surface area (Å²) < 4.78 is 45.6. The van der Waals surface area contributed by atoms with Crippen LogP contribution in [0.4, 0.5) is 4.39 Å². The molecule has 2 N–H and O–H groups in total. The average Bonchev–Trinajstić information content (AvgIpc) is 3.25. The summed E-state index contributed by atoms with van der Waals surface area (Å²) in [5.74, 6) is -0.115. The van der Waals surface area contributed by atoms with E-state index in [-0.39, 0.29) is 35.1 Å². The molecular weight excluding hydrogens is 407 g/mol. The Kier molecular flexibility index (Phi) is 6.69. The first-order valence-corrected chi connectivity index (χ1v) is 10.9. The second-order valence-corrected chi connectivity index (χ2v) is 8.94. The molecule has 0 aliphatic carbocycles. The fourth-order valence-corrected chi connectivity index (χ4v) is 3.97. The van der Waals surface area contributed by atoms with Gasteiger partial charge >= 0.3 is 0 Å². The van der Waals surface area contributed by atoms with Crippen LogP contribution in [0, 0.1) is 11.7 Å². The number of sulfonamides is 1. The van der Waals surface area contributed by atoms with Gasteiger partial charge < -0.3 is 9.73 Å². The van der Waals surface area contributed by atoms with Gasteiger partial charge in [-0.25, -0.2) is 17.5 Å². The molecule has 6 nitrogen and oxygen atoms in total. The van der Waals surface area contributed by atoms with Gasteiger partial charge in [-0.2, -0.15) is 0 Å². The predicted octanol–water partition coefficient (Wildman–Crippen LogP) is 4.02. The number of halogens is 1. The number of hydrogen-bond acceptors (Lipinski definition) is 4. The standard InChI is InChI=1S/C22H23FN2O4S/c1-15(2)21(16-5-9-18(23)10-6-16)25-22(26)17-7-11-20(12-8-17)30(27,28)24-14-19-4-3-13-29-19/h3-13,15,21,24H,14H2,1-2H3,(H,25,26). The summed E-state index contributed by atoms with van der Waals surface area (Å²) in [7, 11) is -3.74. The number of benzene rings is 2. The molecule has 0 bridgehead atoms. The van der Waals surface area contributed by atoms with Gasteiger partial charge in [0.1, 0.15) is 11.6 Å². The fraction of sp³-hybridized carbons (Fsp3) is 0.227. The molecule has 1 aromatic heterocycles. The largest absolute Gasteiger partial charge is 0.468 e. The highest BCUT2D eigenvalue weighted by Crippen LogP contribution is 2.23. The third-order valence-electron chi connectivity index (χ3n) is 4.63. The Balaban J connectivity index is 1.69. The Morgan fingerprint density at radius 3 is 2.27 bits per heavy atom. The molecule has 0 saturated heterocycles. The van der Waals surface area contributed by atoms with E-state index in [9.17, 15) is 17.6 Å². The molecular formula is C22H23FN2O4S. The summed E-state index contributed by atoms with van der Waals surface area (Å²) in [6.07, 6.45) is 1.47. The van der Waals surface area contributed by atoms with Crippen LogP contribution in [-0.2, 0) is 16.6 Å². The minimum Gasteiger partial charge on any atom is -0.468 e. The van der Waals surface area contributed by atoms with Crippen molar-refractivity contribution < 1.29 is 22.0 Å². The van der Waals surface area contributed by atoms with Crippen molar-refractivity contribution in [1.82, 2.24) is 10.0 Å². The van der Waals surface area contributed by atoms with Crippen molar-refractivity contribution in [1.29, 1.82) is 0 Å². The maximum atomic E-state index is 13.2. The lowest BCUT2D eigenvalue weighted by Crippen LogP contribution is -2.31. The van der Waals surface area contributed by atoms with Crippen molar-refractivity contribution in [3.63, 3.8) is 0 Å². The third-order valence-corrected chi connectivity index (χ3v) is 6.04. The van der Waals surface area contributed by atoms with Gasteiger partial charge in [-0.1, -0.05) is 26.0 Å². The van der Waals surface area contributed by atoms with E-state index in [0.717, 1.165) is 5.56 Å². The summed E-state index contributed by atoms with van der Waals surface area (Å²) in [6.45, 7) is 3.94. The SMILES string of the molecule is CC(C)C(NC(=O)c1ccc(S(=O)(=O)NCc2ccco2)cc1)c1ccc(F)cc1. The lowest BCUT2D eigenvalue weighted by Gasteiger charge is -2.23. The molecule has 2 aromatic carbocycles. The van der Waals surface area contributed by atoms with E-state index in [2.05, 4.69) is 10.0 Å². The van der Waals surface area contributed by atoms with Crippen LogP contribution in [0.3, 0.4) is 0 Å². The predicted molar refractivity (Wildman–Crippen MR) is 111 cm³/mol. The Morgan fingerprint density at radius 1 is 1.03 bits per heavy atom. The first-order chi connectivity index (χ1) is 14.3. The van der Waals surface area contributed by atoms with Crippen molar-refractivity contribution in [2.75, 3.05) is 0 Å². The normalized spacial score (nSPS) is 12.7. The zero-order valence-corrected chi connectivity index (χ0v) is 17.4. The quantitative estimate of drug-likeness (QED) is 0.565. The summed E-state index contributed by atoms with van der Waals surface area (Å²) in [5, 5.41) is 2.93. The number of hydrogen-bond donors (Lipinski definition) is 2. The van der Waals surface area contributed by atoms with Gasteiger partial charge in [0.15, 0.2) is 0 Å². The number of carbonyl (C=O) groups is 1. The smallest absolute Gasteiger partial charge is 0.251 e. The van der Waals surface area contributed by atoms with Gasteiger partial charge in [-0.15, -0.1) is 0 Å². The molecule has 1 atom stereocenters. The maximum absolute atomic E-state index is 13.2. The minimum absolute atomic E-state index is 0.0330. The van der Waals surface area contributed by atoms with Gasteiger partial charge in [-0.3, -0.25) is 4.79 Å². The molecule has 1 unspecified atom stereocenters. The highest BCUT2D eigenvalue weighted by Gasteiger charge is 2.20. The van der Waals surface area contributed by atoms with Gasteiger partial charge in [0.2, 0.25) is 10.0 Å². The van der Waals surface area contributed by atoms with Crippen LogP contribution in [-0.4, -0.2) is 14.3 Å². The van der Waals surface area contributed by atoms with Crippen LogP contribution in [0.5, 0.6) is 0 Å². The summed E-state index contributed by atoms with van der Waals surface area (Å²) in [4.78, 5) is 12.7. The monoisotopic (exact) mass is 430 g/mol. The molecule has 0 radical (unpaired) electrons. The molecule has 3 aromatic rings. The number of rotatable bonds is 8. The van der Waals surface area contributed by atoms with E-state index >= 15 is 0 Å². The molecule has 1 amide bonds. The summed E-state index contributed by atoms with van der Waals surface area (Å²) in [6, 6.07) is 14.7. The minimum atomic E-state index is -3.74. The van der Waals surface area contributed by atoms with E-state index in [1.807, 2.05) is 13.8 Å². The zero-order chi connectivity index (χ0) is 21.7. The molecule has 0 aliphatic rings. The van der Waals surface area contributed by atoms with Gasteiger partial charge in [-0.05, 0) is 60.0 Å². The third kappa shape index (κ3) is 5.34. The van der Waals surface area contributed by atoms with E-state index in [0.29, 0.717) is 11.3 Å². The van der Waals surface area contributed by atoms with Crippen LogP contribution >= 0.6 is 0 Å². The van der Waals surface area contributed by atoms with E-state index in [1.54, 1.807) is 24.3 Å². The second kappa shape index (κ2) is 9.23. The van der Waals surface area contributed by atoms with Crippen LogP contribution in [0.2, 0.25) is 0 Å². The highest BCUT2D eigenvalue weighted by atomic mass is 32.2. The fourth-order valence-electron chi connectivity index (χ4n) is 2.98. The van der Waals surface area contributed by atoms with Crippen LogP contribution in [0.25, 0.3) is 0 Å². The lowest BCUT2D eigenvalue weighted by atomic mass is 9.95. The van der Waals surface area contributed by atoms with Gasteiger partial charge in [0.25, 0.3) is 5.91 Å².